The number of aromatic nitrogens is 3. The Labute approximate surface area is 184 Å². The van der Waals surface area contributed by atoms with Gasteiger partial charge >= 0.3 is 11.7 Å². The Bertz CT molecular complexity index is 1050. The van der Waals surface area contributed by atoms with Gasteiger partial charge in [0.2, 0.25) is 0 Å². The largest absolute Gasteiger partial charge is 0.480 e. The summed E-state index contributed by atoms with van der Waals surface area (Å²) in [6, 6.07) is 12.6. The molecule has 1 heterocycles. The second-order valence-corrected chi connectivity index (χ2v) is 8.06. The van der Waals surface area contributed by atoms with E-state index in [1.807, 2.05) is 24.3 Å². The summed E-state index contributed by atoms with van der Waals surface area (Å²) in [5.41, 5.74) is 0.501. The van der Waals surface area contributed by atoms with E-state index in [-0.39, 0.29) is 12.3 Å². The number of ether oxygens (including phenoxy) is 2. The summed E-state index contributed by atoms with van der Waals surface area (Å²) in [7, 11) is 0. The average molecular weight is 499 g/mol. The molecule has 3 aromatic rings. The predicted octanol–water partition coefficient (Wildman–Crippen LogP) is 4.14. The van der Waals surface area contributed by atoms with Crippen molar-refractivity contribution in [3.63, 3.8) is 0 Å². The Morgan fingerprint density at radius 3 is 2.69 bits per heavy atom. The van der Waals surface area contributed by atoms with Gasteiger partial charge in [-0.15, -0.1) is 11.8 Å². The highest BCUT2D eigenvalue weighted by atomic mass is 79.9. The molecule has 0 atom stereocenters. The molecule has 10 heteroatoms. The van der Waals surface area contributed by atoms with Gasteiger partial charge in [0.15, 0.2) is 6.61 Å². The van der Waals surface area contributed by atoms with Crippen molar-refractivity contribution in [1.29, 1.82) is 0 Å². The van der Waals surface area contributed by atoms with Crippen LogP contribution in [0.1, 0.15) is 6.92 Å². The minimum Gasteiger partial charge on any atom is -0.480 e. The summed E-state index contributed by atoms with van der Waals surface area (Å²) < 4.78 is 13.9. The number of benzene rings is 2. The molecular weight excluding hydrogens is 482 g/mol. The third-order valence-corrected chi connectivity index (χ3v) is 5.53. The fourth-order valence-electron chi connectivity index (χ4n) is 2.37. The minimum atomic E-state index is -0.456. The summed E-state index contributed by atoms with van der Waals surface area (Å²) in [4.78, 5) is 24.8. The van der Waals surface area contributed by atoms with Gasteiger partial charge in [0.1, 0.15) is 12.1 Å². The van der Waals surface area contributed by atoms with Gasteiger partial charge in [0, 0.05) is 9.37 Å². The number of nitrogens with zero attached hydrogens (tertiary/aromatic N) is 3. The van der Waals surface area contributed by atoms with Gasteiger partial charge < -0.3 is 9.47 Å². The molecule has 0 radical (unpaired) electrons. The molecule has 0 fully saturated rings. The van der Waals surface area contributed by atoms with E-state index in [1.54, 1.807) is 25.1 Å². The number of carbonyl (C=O) groups is 1. The van der Waals surface area contributed by atoms with Crippen LogP contribution >= 0.6 is 39.3 Å². The lowest BCUT2D eigenvalue weighted by Crippen LogP contribution is -2.23. The molecule has 152 valence electrons. The zero-order chi connectivity index (χ0) is 20.8. The quantitative estimate of drug-likeness (QED) is 0.343. The monoisotopic (exact) mass is 497 g/mol. The van der Waals surface area contributed by atoms with Crippen molar-refractivity contribution in [2.24, 2.45) is 0 Å². The lowest BCUT2D eigenvalue weighted by atomic mass is 10.3. The Morgan fingerprint density at radius 2 is 2.00 bits per heavy atom. The van der Waals surface area contributed by atoms with E-state index in [1.165, 1.54) is 27.3 Å². The van der Waals surface area contributed by atoms with E-state index in [0.717, 1.165) is 15.1 Å². The summed E-state index contributed by atoms with van der Waals surface area (Å²) in [5.74, 6) is 0.255. The minimum absolute atomic E-state index is 0.205. The van der Waals surface area contributed by atoms with Gasteiger partial charge in [0.05, 0.1) is 23.2 Å². The lowest BCUT2D eigenvalue weighted by Gasteiger charge is -2.09. The van der Waals surface area contributed by atoms with Crippen molar-refractivity contribution in [2.75, 3.05) is 13.2 Å². The fraction of sp³-hybridized carbons (Fsp3) is 0.211. The van der Waals surface area contributed by atoms with E-state index < -0.39 is 5.97 Å². The first kappa shape index (κ1) is 21.5. The normalized spacial score (nSPS) is 10.7. The van der Waals surface area contributed by atoms with Crippen LogP contribution in [0.2, 0.25) is 5.02 Å². The average Bonchev–Trinajstić information content (AvgIpc) is 3.07. The molecular formula is C19H17BrClN3O4S. The third-order valence-electron chi connectivity index (χ3n) is 3.75. The number of carbonyl (C=O) groups excluding carboxylic acids is 1. The molecule has 0 amide bonds. The molecule has 0 saturated heterocycles. The van der Waals surface area contributed by atoms with Crippen molar-refractivity contribution >= 4 is 45.3 Å². The second kappa shape index (κ2) is 10.00. The molecule has 0 saturated carbocycles. The van der Waals surface area contributed by atoms with E-state index >= 15 is 0 Å². The molecule has 0 spiro atoms. The molecule has 29 heavy (non-hydrogen) atoms. The molecule has 0 aliphatic heterocycles. The fourth-order valence-corrected chi connectivity index (χ4v) is 3.75. The highest BCUT2D eigenvalue weighted by molar-refractivity contribution is 9.10. The van der Waals surface area contributed by atoms with Crippen LogP contribution < -0.4 is 10.4 Å². The van der Waals surface area contributed by atoms with E-state index in [4.69, 9.17) is 21.1 Å². The SMILES string of the molecule is CCOC(=O)COc1ccc(SCn2ncn(-c3ccc(Br)cc3)c2=O)cc1Cl. The number of hydrogen-bond acceptors (Lipinski definition) is 6. The highest BCUT2D eigenvalue weighted by Gasteiger charge is 2.10. The Kier molecular flexibility index (Phi) is 7.40. The van der Waals surface area contributed by atoms with E-state index in [2.05, 4.69) is 21.0 Å². The van der Waals surface area contributed by atoms with Crippen LogP contribution in [0.3, 0.4) is 0 Å². The summed E-state index contributed by atoms with van der Waals surface area (Å²) in [6.07, 6.45) is 1.49. The molecule has 7 nitrogen and oxygen atoms in total. The molecule has 1 aromatic heterocycles. The van der Waals surface area contributed by atoms with Crippen molar-refractivity contribution in [3.05, 3.63) is 68.8 Å². The standard InChI is InChI=1S/C19H17BrClN3O4S/c1-2-27-18(25)10-28-17-8-7-15(9-16(17)21)29-12-24-19(26)23(11-22-24)14-5-3-13(20)4-6-14/h3-9,11H,2,10,12H2,1H3. The van der Waals surface area contributed by atoms with Crippen molar-refractivity contribution in [2.45, 2.75) is 17.7 Å². The topological polar surface area (TPSA) is 75.3 Å². The van der Waals surface area contributed by atoms with Gasteiger partial charge in [0.25, 0.3) is 0 Å². The van der Waals surface area contributed by atoms with Gasteiger partial charge in [-0.25, -0.2) is 18.8 Å². The Morgan fingerprint density at radius 1 is 1.24 bits per heavy atom. The molecule has 0 N–H and O–H groups in total. The molecule has 0 bridgehead atoms. The molecule has 2 aromatic carbocycles. The predicted molar refractivity (Wildman–Crippen MR) is 115 cm³/mol. The van der Waals surface area contributed by atoms with Crippen LogP contribution in [0.5, 0.6) is 5.75 Å². The summed E-state index contributed by atoms with van der Waals surface area (Å²) in [6.45, 7) is 1.82. The number of halogens is 2. The van der Waals surface area contributed by atoms with Crippen LogP contribution in [0.15, 0.2) is 63.0 Å². The molecule has 0 unspecified atom stereocenters. The number of rotatable bonds is 8. The van der Waals surface area contributed by atoms with Gasteiger partial charge in [-0.1, -0.05) is 27.5 Å². The molecule has 3 rings (SSSR count). The number of thioether (sulfide) groups is 1. The highest BCUT2D eigenvalue weighted by Crippen LogP contribution is 2.30. The first-order valence-corrected chi connectivity index (χ1v) is 10.7. The zero-order valence-corrected chi connectivity index (χ0v) is 18.5. The van der Waals surface area contributed by atoms with Crippen LogP contribution in [0.4, 0.5) is 0 Å². The number of hydrogen-bond donors (Lipinski definition) is 0. The van der Waals surface area contributed by atoms with E-state index in [9.17, 15) is 9.59 Å². The molecule has 0 aliphatic rings. The first-order valence-electron chi connectivity index (χ1n) is 8.59. The van der Waals surface area contributed by atoms with Crippen LogP contribution in [0, 0.1) is 0 Å². The number of esters is 1. The lowest BCUT2D eigenvalue weighted by molar-refractivity contribution is -0.145. The maximum absolute atomic E-state index is 12.5. The third kappa shape index (κ3) is 5.65. The van der Waals surface area contributed by atoms with Crippen LogP contribution in [0.25, 0.3) is 5.69 Å². The van der Waals surface area contributed by atoms with Gasteiger partial charge in [-0.3, -0.25) is 0 Å². The van der Waals surface area contributed by atoms with Gasteiger partial charge in [-0.05, 0) is 49.4 Å². The smallest absolute Gasteiger partial charge is 0.351 e. The molecule has 0 aliphatic carbocycles. The summed E-state index contributed by atoms with van der Waals surface area (Å²) >= 11 is 11.0. The van der Waals surface area contributed by atoms with Crippen molar-refractivity contribution in [1.82, 2.24) is 14.3 Å². The van der Waals surface area contributed by atoms with Gasteiger partial charge in [-0.2, -0.15) is 5.10 Å². The second-order valence-electron chi connectivity index (χ2n) is 5.72. The maximum Gasteiger partial charge on any atom is 0.351 e. The summed E-state index contributed by atoms with van der Waals surface area (Å²) in [5, 5.41) is 4.53. The van der Waals surface area contributed by atoms with Crippen molar-refractivity contribution < 1.29 is 14.3 Å². The maximum atomic E-state index is 12.5. The zero-order valence-electron chi connectivity index (χ0n) is 15.4. The van der Waals surface area contributed by atoms with Crippen LogP contribution in [-0.4, -0.2) is 33.5 Å². The van der Waals surface area contributed by atoms with E-state index in [0.29, 0.717) is 23.3 Å². The first-order chi connectivity index (χ1) is 14.0. The Balaban J connectivity index is 1.63. The van der Waals surface area contributed by atoms with Crippen molar-refractivity contribution in [3.8, 4) is 11.4 Å². The van der Waals surface area contributed by atoms with Crippen LogP contribution in [-0.2, 0) is 15.4 Å². The Hall–Kier alpha value is -2.23.